The van der Waals surface area contributed by atoms with Gasteiger partial charge in [-0.1, -0.05) is 42.1 Å². The summed E-state index contributed by atoms with van der Waals surface area (Å²) in [6.45, 7) is 0.632. The van der Waals surface area contributed by atoms with Crippen molar-refractivity contribution in [3.63, 3.8) is 0 Å². The van der Waals surface area contributed by atoms with Crippen LogP contribution >= 0.6 is 23.2 Å². The number of nitrogens with one attached hydrogen (secondary N) is 1. The Bertz CT molecular complexity index is 479. The Morgan fingerprint density at radius 1 is 1.30 bits per heavy atom. The number of carbonyl (C=O) groups excluding carboxylic acids is 1. The van der Waals surface area contributed by atoms with Gasteiger partial charge in [0.1, 0.15) is 0 Å². The van der Waals surface area contributed by atoms with Crippen molar-refractivity contribution in [3.8, 4) is 0 Å². The highest BCUT2D eigenvalue weighted by Crippen LogP contribution is 2.24. The number of nitrogens with two attached hydrogens (primary N) is 1. The monoisotopic (exact) mass is 314 g/mol. The molecule has 5 heteroatoms. The quantitative estimate of drug-likeness (QED) is 0.896. The minimum atomic E-state index is -0.000396. The van der Waals surface area contributed by atoms with Gasteiger partial charge in [-0.3, -0.25) is 4.79 Å². The molecule has 2 atom stereocenters. The second-order valence-electron chi connectivity index (χ2n) is 5.37. The third kappa shape index (κ3) is 4.11. The number of carbonyl (C=O) groups is 1. The van der Waals surface area contributed by atoms with Crippen molar-refractivity contribution in [2.75, 3.05) is 6.54 Å². The first-order valence-electron chi connectivity index (χ1n) is 7.03. The van der Waals surface area contributed by atoms with Gasteiger partial charge in [0, 0.05) is 16.1 Å². The average Bonchev–Trinajstić information content (AvgIpc) is 2.42. The summed E-state index contributed by atoms with van der Waals surface area (Å²) in [5, 5.41) is 4.21. The van der Waals surface area contributed by atoms with Gasteiger partial charge in [0.2, 0.25) is 5.91 Å². The molecule has 0 heterocycles. The Morgan fingerprint density at radius 3 is 2.75 bits per heavy atom. The summed E-state index contributed by atoms with van der Waals surface area (Å²) < 4.78 is 0. The van der Waals surface area contributed by atoms with E-state index in [1.54, 1.807) is 18.2 Å². The molecule has 2 unspecified atom stereocenters. The van der Waals surface area contributed by atoms with E-state index in [1.807, 2.05) is 0 Å². The predicted octanol–water partition coefficient (Wildman–Crippen LogP) is 3.17. The fraction of sp³-hybridized carbons (Fsp3) is 0.533. The van der Waals surface area contributed by atoms with Crippen LogP contribution in [-0.2, 0) is 11.2 Å². The van der Waals surface area contributed by atoms with Crippen LogP contribution in [0.3, 0.4) is 0 Å². The molecule has 0 aliphatic heterocycles. The number of halogens is 2. The molecule has 0 saturated heterocycles. The van der Waals surface area contributed by atoms with Gasteiger partial charge in [-0.2, -0.15) is 0 Å². The van der Waals surface area contributed by atoms with E-state index in [9.17, 15) is 4.79 Å². The molecule has 20 heavy (non-hydrogen) atoms. The highest BCUT2D eigenvalue weighted by molar-refractivity contribution is 6.35. The van der Waals surface area contributed by atoms with Crippen molar-refractivity contribution >= 4 is 29.1 Å². The maximum absolute atomic E-state index is 12.1. The minimum Gasteiger partial charge on any atom is -0.353 e. The van der Waals surface area contributed by atoms with E-state index in [2.05, 4.69) is 5.32 Å². The molecule has 1 saturated carbocycles. The molecule has 1 aliphatic carbocycles. The lowest BCUT2D eigenvalue weighted by molar-refractivity contribution is -0.121. The topological polar surface area (TPSA) is 55.1 Å². The molecule has 1 aromatic rings. The Morgan fingerprint density at radius 2 is 2.05 bits per heavy atom. The van der Waals surface area contributed by atoms with Gasteiger partial charge in [-0.15, -0.1) is 0 Å². The lowest BCUT2D eigenvalue weighted by atomic mass is 9.84. The van der Waals surface area contributed by atoms with E-state index < -0.39 is 0 Å². The Kier molecular flexibility index (Phi) is 5.70. The van der Waals surface area contributed by atoms with Crippen LogP contribution in [0.1, 0.15) is 31.2 Å². The molecular weight excluding hydrogens is 295 g/mol. The molecule has 1 aliphatic rings. The lowest BCUT2D eigenvalue weighted by Crippen LogP contribution is -2.45. The largest absolute Gasteiger partial charge is 0.353 e. The van der Waals surface area contributed by atoms with Gasteiger partial charge in [-0.05, 0) is 43.0 Å². The fourth-order valence-electron chi connectivity index (χ4n) is 2.78. The lowest BCUT2D eigenvalue weighted by Gasteiger charge is -2.31. The number of amides is 1. The van der Waals surface area contributed by atoms with Gasteiger partial charge in [-0.25, -0.2) is 0 Å². The number of benzene rings is 1. The van der Waals surface area contributed by atoms with E-state index in [1.165, 1.54) is 6.42 Å². The van der Waals surface area contributed by atoms with E-state index in [-0.39, 0.29) is 18.4 Å². The van der Waals surface area contributed by atoms with Crippen molar-refractivity contribution in [2.45, 2.75) is 38.1 Å². The van der Waals surface area contributed by atoms with Crippen molar-refractivity contribution in [2.24, 2.45) is 11.7 Å². The predicted molar refractivity (Wildman–Crippen MR) is 83.1 cm³/mol. The van der Waals surface area contributed by atoms with Crippen LogP contribution < -0.4 is 11.1 Å². The Labute approximate surface area is 129 Å². The second-order valence-corrected chi connectivity index (χ2v) is 6.21. The van der Waals surface area contributed by atoms with Crippen LogP contribution in [-0.4, -0.2) is 18.5 Å². The zero-order chi connectivity index (χ0) is 14.5. The maximum atomic E-state index is 12.1. The molecule has 3 N–H and O–H groups in total. The van der Waals surface area contributed by atoms with Crippen LogP contribution in [0.5, 0.6) is 0 Å². The van der Waals surface area contributed by atoms with Crippen molar-refractivity contribution in [1.82, 2.24) is 5.32 Å². The smallest absolute Gasteiger partial charge is 0.224 e. The Hall–Kier alpha value is -0.770. The van der Waals surface area contributed by atoms with Gasteiger partial charge in [0.15, 0.2) is 0 Å². The van der Waals surface area contributed by atoms with E-state index in [0.29, 0.717) is 22.5 Å². The van der Waals surface area contributed by atoms with Gasteiger partial charge < -0.3 is 11.1 Å². The summed E-state index contributed by atoms with van der Waals surface area (Å²) in [4.78, 5) is 12.1. The maximum Gasteiger partial charge on any atom is 0.224 e. The van der Waals surface area contributed by atoms with E-state index >= 15 is 0 Å². The molecule has 1 fully saturated rings. The summed E-state index contributed by atoms with van der Waals surface area (Å²) >= 11 is 11.9. The first-order chi connectivity index (χ1) is 9.60. The van der Waals surface area contributed by atoms with E-state index in [0.717, 1.165) is 24.8 Å². The van der Waals surface area contributed by atoms with Crippen molar-refractivity contribution in [1.29, 1.82) is 0 Å². The molecule has 0 spiro atoms. The molecule has 0 bridgehead atoms. The van der Waals surface area contributed by atoms with Crippen LogP contribution in [0.15, 0.2) is 18.2 Å². The summed E-state index contributed by atoms with van der Waals surface area (Å²) in [6, 6.07) is 5.41. The minimum absolute atomic E-state index is 0.000396. The second kappa shape index (κ2) is 7.30. The molecule has 1 amide bonds. The zero-order valence-electron chi connectivity index (χ0n) is 11.4. The van der Waals surface area contributed by atoms with Gasteiger partial charge in [0.05, 0.1) is 6.42 Å². The summed E-state index contributed by atoms with van der Waals surface area (Å²) in [7, 11) is 0. The third-order valence-corrected chi connectivity index (χ3v) is 4.51. The first-order valence-corrected chi connectivity index (χ1v) is 7.79. The molecule has 1 aromatic carbocycles. The average molecular weight is 315 g/mol. The number of rotatable bonds is 4. The molecular formula is C15H20Cl2N2O. The zero-order valence-corrected chi connectivity index (χ0v) is 12.9. The van der Waals surface area contributed by atoms with E-state index in [4.69, 9.17) is 28.9 Å². The molecule has 0 aromatic heterocycles. The van der Waals surface area contributed by atoms with Gasteiger partial charge in [0.25, 0.3) is 0 Å². The van der Waals surface area contributed by atoms with Crippen LogP contribution in [0, 0.1) is 5.92 Å². The Balaban J connectivity index is 1.94. The summed E-state index contributed by atoms with van der Waals surface area (Å²) in [5.74, 6) is 0.396. The highest BCUT2D eigenvalue weighted by atomic mass is 35.5. The van der Waals surface area contributed by atoms with Crippen LogP contribution in [0.25, 0.3) is 0 Å². The number of hydrogen-bond donors (Lipinski definition) is 2. The molecule has 2 rings (SSSR count). The van der Waals surface area contributed by atoms with Crippen molar-refractivity contribution in [3.05, 3.63) is 33.8 Å². The number of hydrogen-bond acceptors (Lipinski definition) is 2. The normalized spacial score (nSPS) is 22.6. The molecule has 3 nitrogen and oxygen atoms in total. The molecule has 110 valence electrons. The highest BCUT2D eigenvalue weighted by Gasteiger charge is 2.25. The van der Waals surface area contributed by atoms with Crippen LogP contribution in [0.4, 0.5) is 0 Å². The summed E-state index contributed by atoms with van der Waals surface area (Å²) in [5.41, 5.74) is 6.58. The van der Waals surface area contributed by atoms with Crippen LogP contribution in [0.2, 0.25) is 10.0 Å². The summed E-state index contributed by atoms with van der Waals surface area (Å²) in [6.07, 6.45) is 4.76. The third-order valence-electron chi connectivity index (χ3n) is 3.92. The first kappa shape index (κ1) is 15.6. The molecule has 0 radical (unpaired) electrons. The SMILES string of the molecule is NCC1CCCCC1NC(=O)Cc1ccc(Cl)cc1Cl. The van der Waals surface area contributed by atoms with Crippen molar-refractivity contribution < 1.29 is 4.79 Å². The van der Waals surface area contributed by atoms with Gasteiger partial charge >= 0.3 is 0 Å². The standard InChI is InChI=1S/C15H20Cl2N2O/c16-12-6-5-10(13(17)8-12)7-15(20)19-14-4-2-1-3-11(14)9-18/h5-6,8,11,14H,1-4,7,9,18H2,(H,19,20). The fourth-order valence-corrected chi connectivity index (χ4v) is 3.25.